The van der Waals surface area contributed by atoms with Gasteiger partial charge >= 0.3 is 0 Å². The number of carbonyl (C=O) groups is 1. The Kier molecular flexibility index (Phi) is 29.2. The Hall–Kier alpha value is -0.610. The number of likely N-dealkylation sites (tertiary alicyclic amines) is 1. The number of aliphatic hydroxyl groups excluding tert-OH is 2. The molecule has 0 saturated carbocycles. The van der Waals surface area contributed by atoms with Gasteiger partial charge in [-0.1, -0.05) is 61.8 Å². The third-order valence-electron chi connectivity index (χ3n) is 6.89. The molecule has 0 aliphatic carbocycles. The minimum atomic E-state index is -0.250. The van der Waals surface area contributed by atoms with Gasteiger partial charge in [-0.25, -0.2) is 0 Å². The molecular formula is C33H73N5O3. The van der Waals surface area contributed by atoms with Crippen LogP contribution in [0.15, 0.2) is 0 Å². The van der Waals surface area contributed by atoms with Gasteiger partial charge < -0.3 is 31.1 Å². The van der Waals surface area contributed by atoms with Crippen LogP contribution in [0, 0.1) is 23.7 Å². The smallest absolute Gasteiger partial charge is 0.146 e. The monoisotopic (exact) mass is 588 g/mol. The molecule has 0 aromatic carbocycles. The fraction of sp³-hybridized carbons (Fsp3) is 0.970. The summed E-state index contributed by atoms with van der Waals surface area (Å²) < 4.78 is 0. The lowest BCUT2D eigenvalue weighted by molar-refractivity contribution is -0.118. The maximum absolute atomic E-state index is 10.8. The summed E-state index contributed by atoms with van der Waals surface area (Å²) in [4.78, 5) is 18.2. The number of unbranched alkanes of at least 4 members (excludes halogenated alkanes) is 1. The second-order valence-electron chi connectivity index (χ2n) is 13.5. The Labute approximate surface area is 255 Å². The second-order valence-corrected chi connectivity index (χ2v) is 13.5. The minimum Gasteiger partial charge on any atom is -0.396 e. The number of hydrogen-bond acceptors (Lipinski definition) is 8. The normalized spacial score (nSPS) is 17.2. The van der Waals surface area contributed by atoms with Gasteiger partial charge in [-0.2, -0.15) is 0 Å². The lowest BCUT2D eigenvalue weighted by Gasteiger charge is -2.35. The average molecular weight is 588 g/mol. The minimum absolute atomic E-state index is 0.0974. The molecule has 2 heterocycles. The highest BCUT2D eigenvalue weighted by Crippen LogP contribution is 2.09. The van der Waals surface area contributed by atoms with Crippen LogP contribution >= 0.6 is 0 Å². The molecule has 1 atom stereocenters. The topological polar surface area (TPSA) is 105 Å². The molecule has 0 amide bonds. The summed E-state index contributed by atoms with van der Waals surface area (Å²) in [6, 6.07) is -0.250. The van der Waals surface area contributed by atoms with E-state index in [1.807, 2.05) is 13.8 Å². The molecule has 2 rings (SSSR count). The summed E-state index contributed by atoms with van der Waals surface area (Å²) in [5.41, 5.74) is 5.61. The number of carbonyl (C=O) groups excluding carboxylic acids is 1. The first-order chi connectivity index (χ1) is 19.3. The fourth-order valence-electron chi connectivity index (χ4n) is 4.54. The number of nitrogens with two attached hydrogens (primary N) is 1. The molecule has 0 bridgehead atoms. The van der Waals surface area contributed by atoms with Gasteiger partial charge in [0.2, 0.25) is 0 Å². The molecule has 41 heavy (non-hydrogen) atoms. The zero-order valence-corrected chi connectivity index (χ0v) is 28.8. The molecule has 2 fully saturated rings. The highest BCUT2D eigenvalue weighted by molar-refractivity contribution is 5.80. The molecule has 248 valence electrons. The highest BCUT2D eigenvalue weighted by atomic mass is 16.3. The average Bonchev–Trinajstić information content (AvgIpc) is 3.40. The molecular weight excluding hydrogens is 514 g/mol. The highest BCUT2D eigenvalue weighted by Gasteiger charge is 2.16. The molecule has 0 aromatic rings. The van der Waals surface area contributed by atoms with Crippen molar-refractivity contribution in [3.63, 3.8) is 0 Å². The molecule has 0 radical (unpaired) electrons. The van der Waals surface area contributed by atoms with Crippen LogP contribution in [0.2, 0.25) is 0 Å². The van der Waals surface area contributed by atoms with Crippen molar-refractivity contribution in [2.45, 2.75) is 100 Å². The standard InChI is InChI=1S/C11H24N2O.C10H22N2O.C8H17N.C4H10O/c1-9(2)8-13-7-5-4-6-11(12)10(3)14;1-10(2)9-12-5-3-11(4-6-12)7-8-13;1-8(2)7-9-5-3-4-6-9;1-4(2)3-5/h9,11,13H,4-8,12H2,1-3H3;10,13H,3-9H2,1-2H3;8H,3-7H2,1-2H3;4-5H,3H2,1-2H3/t11-;;;/m0.../s1. The van der Waals surface area contributed by atoms with Gasteiger partial charge in [-0.15, -0.1) is 0 Å². The van der Waals surface area contributed by atoms with Gasteiger partial charge in [0.25, 0.3) is 0 Å². The van der Waals surface area contributed by atoms with Crippen molar-refractivity contribution in [1.82, 2.24) is 20.0 Å². The molecule has 5 N–H and O–H groups in total. The van der Waals surface area contributed by atoms with E-state index in [4.69, 9.17) is 15.9 Å². The van der Waals surface area contributed by atoms with Crippen LogP contribution in [0.1, 0.15) is 94.4 Å². The number of ketones is 1. The Morgan fingerprint density at radius 1 is 0.732 bits per heavy atom. The van der Waals surface area contributed by atoms with E-state index in [9.17, 15) is 4.79 Å². The van der Waals surface area contributed by atoms with Crippen LogP contribution in [0.3, 0.4) is 0 Å². The van der Waals surface area contributed by atoms with E-state index in [-0.39, 0.29) is 11.8 Å². The summed E-state index contributed by atoms with van der Waals surface area (Å²) >= 11 is 0. The van der Waals surface area contributed by atoms with E-state index in [0.717, 1.165) is 76.9 Å². The van der Waals surface area contributed by atoms with Crippen molar-refractivity contribution in [3.8, 4) is 0 Å². The number of β-amino-alcohol motifs (C(OH)–C–C–N with tert-alkyl or cyclic N) is 1. The molecule has 2 aliphatic heterocycles. The number of nitrogens with zero attached hydrogens (tertiary/aromatic N) is 3. The predicted molar refractivity (Wildman–Crippen MR) is 177 cm³/mol. The van der Waals surface area contributed by atoms with Crippen LogP contribution in [-0.2, 0) is 4.79 Å². The Bertz CT molecular complexity index is 561. The van der Waals surface area contributed by atoms with Crippen LogP contribution in [0.25, 0.3) is 0 Å². The largest absolute Gasteiger partial charge is 0.396 e. The third-order valence-corrected chi connectivity index (χ3v) is 6.89. The quantitative estimate of drug-likeness (QED) is 0.214. The number of rotatable bonds is 15. The van der Waals surface area contributed by atoms with Crippen molar-refractivity contribution in [2.75, 3.05) is 85.2 Å². The molecule has 2 aliphatic rings. The maximum Gasteiger partial charge on any atom is 0.146 e. The Balaban J connectivity index is 0. The molecule has 0 unspecified atom stereocenters. The van der Waals surface area contributed by atoms with Crippen molar-refractivity contribution in [1.29, 1.82) is 0 Å². The Morgan fingerprint density at radius 3 is 1.59 bits per heavy atom. The molecule has 2 saturated heterocycles. The summed E-state index contributed by atoms with van der Waals surface area (Å²) in [5, 5.41) is 20.3. The molecule has 0 aromatic heterocycles. The van der Waals surface area contributed by atoms with E-state index in [2.05, 4.69) is 61.6 Å². The second kappa shape index (κ2) is 28.2. The van der Waals surface area contributed by atoms with Gasteiger partial charge in [0, 0.05) is 52.4 Å². The number of aliphatic hydroxyl groups is 2. The predicted octanol–water partition coefficient (Wildman–Crippen LogP) is 3.94. The van der Waals surface area contributed by atoms with Gasteiger partial charge in [-0.3, -0.25) is 9.69 Å². The summed E-state index contributed by atoms with van der Waals surface area (Å²) in [5.74, 6) is 2.86. The van der Waals surface area contributed by atoms with Crippen molar-refractivity contribution in [2.24, 2.45) is 29.4 Å². The summed E-state index contributed by atoms with van der Waals surface area (Å²) in [7, 11) is 0. The lowest BCUT2D eigenvalue weighted by atomic mass is 10.1. The van der Waals surface area contributed by atoms with Crippen LogP contribution < -0.4 is 11.1 Å². The summed E-state index contributed by atoms with van der Waals surface area (Å²) in [6.45, 7) is 32.3. The van der Waals surface area contributed by atoms with E-state index < -0.39 is 0 Å². The summed E-state index contributed by atoms with van der Waals surface area (Å²) in [6.07, 6.45) is 5.80. The van der Waals surface area contributed by atoms with Crippen molar-refractivity contribution >= 4 is 5.78 Å². The number of Topliss-reactive ketones (excluding diaryl/α,β-unsaturated/α-hetero) is 1. The first-order valence-electron chi connectivity index (χ1n) is 16.7. The molecule has 0 spiro atoms. The first kappa shape index (κ1) is 42.5. The zero-order chi connectivity index (χ0) is 31.6. The van der Waals surface area contributed by atoms with Crippen molar-refractivity contribution in [3.05, 3.63) is 0 Å². The third kappa shape index (κ3) is 30.6. The van der Waals surface area contributed by atoms with E-state index in [1.165, 1.54) is 39.0 Å². The van der Waals surface area contributed by atoms with Gasteiger partial charge in [0.05, 0.1) is 12.6 Å². The van der Waals surface area contributed by atoms with E-state index in [1.54, 1.807) is 6.92 Å². The van der Waals surface area contributed by atoms with E-state index >= 15 is 0 Å². The maximum atomic E-state index is 10.8. The zero-order valence-electron chi connectivity index (χ0n) is 28.8. The molecule has 8 nitrogen and oxygen atoms in total. The Morgan fingerprint density at radius 2 is 1.20 bits per heavy atom. The number of piperazine rings is 1. The van der Waals surface area contributed by atoms with Crippen LogP contribution in [-0.4, -0.2) is 122 Å². The number of nitrogens with one attached hydrogen (secondary N) is 1. The van der Waals surface area contributed by atoms with E-state index in [0.29, 0.717) is 25.0 Å². The molecule has 8 heteroatoms. The van der Waals surface area contributed by atoms with Crippen LogP contribution in [0.4, 0.5) is 0 Å². The SMILES string of the molecule is CC(=O)[C@@H](N)CCCCNCC(C)C.CC(C)CN1CCCC1.CC(C)CN1CCN(CCO)CC1.CC(C)CO. The number of hydrogen-bond donors (Lipinski definition) is 4. The van der Waals surface area contributed by atoms with Crippen molar-refractivity contribution < 1.29 is 15.0 Å². The first-order valence-corrected chi connectivity index (χ1v) is 16.7. The van der Waals surface area contributed by atoms with Gasteiger partial charge in [0.15, 0.2) is 0 Å². The van der Waals surface area contributed by atoms with Gasteiger partial charge in [0.1, 0.15) is 5.78 Å². The lowest BCUT2D eigenvalue weighted by Crippen LogP contribution is -2.48. The van der Waals surface area contributed by atoms with Gasteiger partial charge in [-0.05, 0) is 82.5 Å². The van der Waals surface area contributed by atoms with Crippen LogP contribution in [0.5, 0.6) is 0 Å². The fourth-order valence-corrected chi connectivity index (χ4v) is 4.54.